The molecule has 1 unspecified atom stereocenters. The smallest absolute Gasteiger partial charge is 0.0223 e. The quantitative estimate of drug-likeness (QED) is 0.700. The first-order valence-corrected chi connectivity index (χ1v) is 6.86. The molecule has 1 saturated heterocycles. The highest BCUT2D eigenvalue weighted by molar-refractivity contribution is 4.89. The third-order valence-corrected chi connectivity index (χ3v) is 3.78. The van der Waals surface area contributed by atoms with Crippen LogP contribution in [0.3, 0.4) is 0 Å². The highest BCUT2D eigenvalue weighted by Crippen LogP contribution is 2.33. The Kier molecular flexibility index (Phi) is 4.45. The van der Waals surface area contributed by atoms with Crippen molar-refractivity contribution in [2.75, 3.05) is 26.2 Å². The van der Waals surface area contributed by atoms with Gasteiger partial charge in [0.05, 0.1) is 0 Å². The van der Waals surface area contributed by atoms with Crippen molar-refractivity contribution in [3.8, 4) is 0 Å². The van der Waals surface area contributed by atoms with Crippen molar-refractivity contribution in [2.24, 2.45) is 5.92 Å². The number of nitrogens with one attached hydrogen (secondary N) is 1. The van der Waals surface area contributed by atoms with Gasteiger partial charge in [-0.05, 0) is 51.2 Å². The number of rotatable bonds is 5. The molecule has 2 fully saturated rings. The van der Waals surface area contributed by atoms with Crippen LogP contribution >= 0.6 is 0 Å². The zero-order chi connectivity index (χ0) is 10.5. The van der Waals surface area contributed by atoms with E-state index in [0.717, 1.165) is 12.0 Å². The summed E-state index contributed by atoms with van der Waals surface area (Å²) in [7, 11) is 0. The van der Waals surface area contributed by atoms with E-state index < -0.39 is 0 Å². The van der Waals surface area contributed by atoms with Crippen LogP contribution in [0.4, 0.5) is 0 Å². The summed E-state index contributed by atoms with van der Waals surface area (Å²) in [5.41, 5.74) is 0. The molecule has 0 amide bonds. The summed E-state index contributed by atoms with van der Waals surface area (Å²) in [6, 6.07) is 0.814. The molecule has 0 radical (unpaired) electrons. The maximum Gasteiger partial charge on any atom is 0.0223 e. The Morgan fingerprint density at radius 3 is 2.87 bits per heavy atom. The molecule has 1 aliphatic heterocycles. The van der Waals surface area contributed by atoms with E-state index in [2.05, 4.69) is 17.1 Å². The Hall–Kier alpha value is -0.0800. The van der Waals surface area contributed by atoms with Crippen LogP contribution in [-0.4, -0.2) is 37.1 Å². The van der Waals surface area contributed by atoms with Gasteiger partial charge in [-0.2, -0.15) is 0 Å². The minimum atomic E-state index is 0.814. The molecular weight excluding hydrogens is 184 g/mol. The van der Waals surface area contributed by atoms with Crippen molar-refractivity contribution in [3.05, 3.63) is 0 Å². The van der Waals surface area contributed by atoms with Gasteiger partial charge < -0.3 is 10.2 Å². The highest BCUT2D eigenvalue weighted by Gasteiger charge is 2.32. The second kappa shape index (κ2) is 5.86. The van der Waals surface area contributed by atoms with E-state index in [0.29, 0.717) is 0 Å². The minimum Gasteiger partial charge on any atom is -0.312 e. The fourth-order valence-corrected chi connectivity index (χ4v) is 2.63. The first-order chi connectivity index (χ1) is 7.40. The van der Waals surface area contributed by atoms with E-state index in [9.17, 15) is 0 Å². The minimum absolute atomic E-state index is 0.814. The van der Waals surface area contributed by atoms with Crippen molar-refractivity contribution < 1.29 is 0 Å². The van der Waals surface area contributed by atoms with Crippen LogP contribution in [0.1, 0.15) is 45.4 Å². The standard InChI is InChI=1S/C13H26N2/c1-2-3-4-9-15-10-5-8-14-13(11-15)12-6-7-12/h12-14H,2-11H2,1H3. The van der Waals surface area contributed by atoms with Gasteiger partial charge in [0.2, 0.25) is 0 Å². The summed E-state index contributed by atoms with van der Waals surface area (Å²) in [6.45, 7) is 7.50. The molecule has 1 atom stereocenters. The normalized spacial score (nSPS) is 29.0. The van der Waals surface area contributed by atoms with E-state index in [1.54, 1.807) is 0 Å². The Labute approximate surface area is 94.4 Å². The fourth-order valence-electron chi connectivity index (χ4n) is 2.63. The molecule has 0 spiro atoms. The van der Waals surface area contributed by atoms with Crippen molar-refractivity contribution >= 4 is 0 Å². The molecular formula is C13H26N2. The molecule has 1 saturated carbocycles. The summed E-state index contributed by atoms with van der Waals surface area (Å²) >= 11 is 0. The molecule has 0 aromatic carbocycles. The van der Waals surface area contributed by atoms with Gasteiger partial charge in [0.1, 0.15) is 0 Å². The lowest BCUT2D eigenvalue weighted by molar-refractivity contribution is 0.253. The molecule has 1 heterocycles. The molecule has 1 N–H and O–H groups in total. The average Bonchev–Trinajstić information content (AvgIpc) is 3.05. The van der Waals surface area contributed by atoms with E-state index in [1.807, 2.05) is 0 Å². The van der Waals surface area contributed by atoms with E-state index in [-0.39, 0.29) is 0 Å². The Morgan fingerprint density at radius 2 is 2.13 bits per heavy atom. The van der Waals surface area contributed by atoms with Crippen molar-refractivity contribution in [1.29, 1.82) is 0 Å². The molecule has 2 nitrogen and oxygen atoms in total. The number of hydrogen-bond donors (Lipinski definition) is 1. The lowest BCUT2D eigenvalue weighted by Gasteiger charge is -2.24. The summed E-state index contributed by atoms with van der Waals surface area (Å²) < 4.78 is 0. The van der Waals surface area contributed by atoms with Gasteiger partial charge in [-0.15, -0.1) is 0 Å². The maximum absolute atomic E-state index is 3.72. The third kappa shape index (κ3) is 3.76. The van der Waals surface area contributed by atoms with E-state index in [1.165, 1.54) is 64.7 Å². The van der Waals surface area contributed by atoms with Crippen molar-refractivity contribution in [1.82, 2.24) is 10.2 Å². The zero-order valence-electron chi connectivity index (χ0n) is 10.2. The van der Waals surface area contributed by atoms with Crippen LogP contribution in [0, 0.1) is 5.92 Å². The molecule has 15 heavy (non-hydrogen) atoms. The van der Waals surface area contributed by atoms with Crippen LogP contribution in [0.2, 0.25) is 0 Å². The second-order valence-electron chi connectivity index (χ2n) is 5.26. The predicted molar refractivity (Wildman–Crippen MR) is 65.1 cm³/mol. The molecule has 88 valence electrons. The van der Waals surface area contributed by atoms with Crippen LogP contribution in [-0.2, 0) is 0 Å². The first kappa shape index (κ1) is 11.4. The number of unbranched alkanes of at least 4 members (excludes halogenated alkanes) is 2. The van der Waals surface area contributed by atoms with Gasteiger partial charge in [0.25, 0.3) is 0 Å². The van der Waals surface area contributed by atoms with Crippen molar-refractivity contribution in [3.63, 3.8) is 0 Å². The van der Waals surface area contributed by atoms with Gasteiger partial charge in [0.15, 0.2) is 0 Å². The molecule has 0 aromatic heterocycles. The molecule has 2 rings (SSSR count). The SMILES string of the molecule is CCCCCN1CCCNC(C2CC2)C1. The zero-order valence-corrected chi connectivity index (χ0v) is 10.2. The largest absolute Gasteiger partial charge is 0.312 e. The van der Waals surface area contributed by atoms with Crippen molar-refractivity contribution in [2.45, 2.75) is 51.5 Å². The van der Waals surface area contributed by atoms with Gasteiger partial charge in [0, 0.05) is 12.6 Å². The van der Waals surface area contributed by atoms with Gasteiger partial charge in [-0.25, -0.2) is 0 Å². The summed E-state index contributed by atoms with van der Waals surface area (Å²) in [6.07, 6.45) is 8.43. The Morgan fingerprint density at radius 1 is 1.27 bits per heavy atom. The Bertz CT molecular complexity index is 177. The van der Waals surface area contributed by atoms with Crippen LogP contribution < -0.4 is 5.32 Å². The molecule has 1 aliphatic carbocycles. The Balaban J connectivity index is 1.71. The second-order valence-corrected chi connectivity index (χ2v) is 5.26. The topological polar surface area (TPSA) is 15.3 Å². The lowest BCUT2D eigenvalue weighted by Crippen LogP contribution is -2.39. The maximum atomic E-state index is 3.72. The monoisotopic (exact) mass is 210 g/mol. The molecule has 2 heteroatoms. The average molecular weight is 210 g/mol. The molecule has 0 bridgehead atoms. The third-order valence-electron chi connectivity index (χ3n) is 3.78. The summed E-state index contributed by atoms with van der Waals surface area (Å²) in [4.78, 5) is 2.69. The number of hydrogen-bond acceptors (Lipinski definition) is 2. The summed E-state index contributed by atoms with van der Waals surface area (Å²) in [5.74, 6) is 1.01. The lowest BCUT2D eigenvalue weighted by atomic mass is 10.1. The molecule has 0 aromatic rings. The first-order valence-electron chi connectivity index (χ1n) is 6.86. The van der Waals surface area contributed by atoms with Crippen LogP contribution in [0.5, 0.6) is 0 Å². The van der Waals surface area contributed by atoms with E-state index in [4.69, 9.17) is 0 Å². The van der Waals surface area contributed by atoms with Gasteiger partial charge in [-0.1, -0.05) is 19.8 Å². The highest BCUT2D eigenvalue weighted by atomic mass is 15.2. The molecule has 2 aliphatic rings. The van der Waals surface area contributed by atoms with Gasteiger partial charge >= 0.3 is 0 Å². The van der Waals surface area contributed by atoms with Crippen LogP contribution in [0.15, 0.2) is 0 Å². The predicted octanol–water partition coefficient (Wildman–Crippen LogP) is 2.25. The fraction of sp³-hybridized carbons (Fsp3) is 1.00. The van der Waals surface area contributed by atoms with Crippen LogP contribution in [0.25, 0.3) is 0 Å². The van der Waals surface area contributed by atoms with Gasteiger partial charge in [-0.3, -0.25) is 0 Å². The summed E-state index contributed by atoms with van der Waals surface area (Å²) in [5, 5.41) is 3.72. The number of nitrogens with zero attached hydrogens (tertiary/aromatic N) is 1. The van der Waals surface area contributed by atoms with E-state index >= 15 is 0 Å².